The number of nitrogens with zero attached hydrogens (tertiary/aromatic N) is 1. The number of carboxylic acid groups (broad SMARTS) is 1. The lowest BCUT2D eigenvalue weighted by atomic mass is 10.0. The molecule has 2 amide bonds. The molecule has 0 bridgehead atoms. The predicted molar refractivity (Wildman–Crippen MR) is 115 cm³/mol. The van der Waals surface area contributed by atoms with Gasteiger partial charge < -0.3 is 20.8 Å². The molecule has 7 heteroatoms. The van der Waals surface area contributed by atoms with Crippen LogP contribution in [0.1, 0.15) is 37.0 Å². The fourth-order valence-electron chi connectivity index (χ4n) is 3.97. The minimum Gasteiger partial charge on any atom is -0.465 e. The molecule has 1 fully saturated rings. The highest BCUT2D eigenvalue weighted by molar-refractivity contribution is 5.94. The number of amides is 2. The first kappa shape index (κ1) is 21.8. The van der Waals surface area contributed by atoms with E-state index in [0.717, 1.165) is 11.1 Å². The van der Waals surface area contributed by atoms with Gasteiger partial charge in [-0.15, -0.1) is 0 Å². The Labute approximate surface area is 176 Å². The van der Waals surface area contributed by atoms with Crippen LogP contribution in [0.15, 0.2) is 54.6 Å². The lowest BCUT2D eigenvalue weighted by Crippen LogP contribution is -2.44. The Morgan fingerprint density at radius 1 is 1.10 bits per heavy atom. The van der Waals surface area contributed by atoms with Crippen LogP contribution < -0.4 is 10.6 Å². The summed E-state index contributed by atoms with van der Waals surface area (Å²) >= 11 is 0. The van der Waals surface area contributed by atoms with Crippen molar-refractivity contribution >= 4 is 17.7 Å². The van der Waals surface area contributed by atoms with Crippen molar-refractivity contribution in [1.82, 2.24) is 10.2 Å². The Morgan fingerprint density at radius 3 is 2.37 bits per heavy atom. The van der Waals surface area contributed by atoms with Gasteiger partial charge in [0, 0.05) is 11.7 Å². The number of hydrogen-bond acceptors (Lipinski definition) is 4. The van der Waals surface area contributed by atoms with E-state index in [1.54, 1.807) is 14.0 Å². The van der Waals surface area contributed by atoms with E-state index in [-0.39, 0.29) is 18.0 Å². The van der Waals surface area contributed by atoms with Crippen LogP contribution in [0.5, 0.6) is 0 Å². The van der Waals surface area contributed by atoms with E-state index in [1.807, 2.05) is 54.6 Å². The summed E-state index contributed by atoms with van der Waals surface area (Å²) in [7, 11) is 1.73. The van der Waals surface area contributed by atoms with Crippen molar-refractivity contribution in [3.05, 3.63) is 65.7 Å². The number of hydrogen-bond donors (Lipinski definition) is 4. The van der Waals surface area contributed by atoms with Crippen molar-refractivity contribution in [3.8, 4) is 0 Å². The van der Waals surface area contributed by atoms with E-state index in [9.17, 15) is 19.8 Å². The molecule has 1 aliphatic rings. The molecule has 1 saturated heterocycles. The summed E-state index contributed by atoms with van der Waals surface area (Å²) in [6.45, 7) is 1.78. The Morgan fingerprint density at radius 2 is 1.77 bits per heavy atom. The van der Waals surface area contributed by atoms with Gasteiger partial charge in [-0.1, -0.05) is 42.5 Å². The van der Waals surface area contributed by atoms with Crippen LogP contribution in [0.2, 0.25) is 0 Å². The minimum atomic E-state index is -1.01. The third-order valence-electron chi connectivity index (χ3n) is 5.79. The van der Waals surface area contributed by atoms with Gasteiger partial charge in [-0.25, -0.2) is 4.79 Å². The fraction of sp³-hybridized carbons (Fsp3) is 0.391. The average molecular weight is 412 g/mol. The quantitative estimate of drug-likeness (QED) is 0.561. The second-order valence-electron chi connectivity index (χ2n) is 7.74. The number of likely N-dealkylation sites (N-methyl/N-ethyl adjacent to an activating group) is 1. The van der Waals surface area contributed by atoms with Crippen LogP contribution in [0.3, 0.4) is 0 Å². The number of aliphatic hydroxyl groups is 1. The second kappa shape index (κ2) is 9.73. The molecule has 7 nitrogen and oxygen atoms in total. The lowest BCUT2D eigenvalue weighted by Gasteiger charge is -2.31. The molecule has 4 N–H and O–H groups in total. The number of carbonyl (C=O) groups excluding carboxylic acids is 1. The average Bonchev–Trinajstić information content (AvgIpc) is 3.18. The number of aliphatic hydroxyl groups excluding tert-OH is 1. The Balaban J connectivity index is 1.67. The first-order valence-electron chi connectivity index (χ1n) is 10.2. The molecule has 2 aromatic rings. The molecule has 1 heterocycles. The van der Waals surface area contributed by atoms with Gasteiger partial charge in [0.1, 0.15) is 0 Å². The lowest BCUT2D eigenvalue weighted by molar-refractivity contribution is -0.117. The molecule has 3 rings (SSSR count). The standard InChI is InChI=1S/C23H29N3O4/c1-15(24-2)22(28)25-18-10-8-16(9-11-18)14-19-12-13-20(26(19)23(29)30)21(27)17-6-4-3-5-7-17/h3-11,15,19-21,24,27H,12-14H2,1-2H3,(H,25,28)(H,29,30)/t15-,19-,20+,21?/m0/s1. The fourth-order valence-corrected chi connectivity index (χ4v) is 3.97. The molecule has 0 radical (unpaired) electrons. The maximum absolute atomic E-state index is 12.0. The zero-order chi connectivity index (χ0) is 21.7. The zero-order valence-corrected chi connectivity index (χ0v) is 17.3. The van der Waals surface area contributed by atoms with Gasteiger partial charge in [-0.05, 0) is 56.5 Å². The van der Waals surface area contributed by atoms with Crippen molar-refractivity contribution in [2.45, 2.75) is 50.4 Å². The van der Waals surface area contributed by atoms with Gasteiger partial charge >= 0.3 is 6.09 Å². The van der Waals surface area contributed by atoms with E-state index in [1.165, 1.54) is 4.90 Å². The van der Waals surface area contributed by atoms with Gasteiger partial charge in [-0.2, -0.15) is 0 Å². The van der Waals surface area contributed by atoms with Crippen molar-refractivity contribution in [2.24, 2.45) is 0 Å². The van der Waals surface area contributed by atoms with Gasteiger partial charge in [0.15, 0.2) is 0 Å². The second-order valence-corrected chi connectivity index (χ2v) is 7.74. The Kier molecular flexibility index (Phi) is 7.07. The topological polar surface area (TPSA) is 102 Å². The normalized spacial score (nSPS) is 20.6. The largest absolute Gasteiger partial charge is 0.465 e. The number of benzene rings is 2. The molecule has 1 aliphatic heterocycles. The molecule has 0 saturated carbocycles. The molecular weight excluding hydrogens is 382 g/mol. The highest BCUT2D eigenvalue weighted by Crippen LogP contribution is 2.34. The molecule has 0 aromatic heterocycles. The van der Waals surface area contributed by atoms with Crippen LogP contribution in [0.4, 0.5) is 10.5 Å². The van der Waals surface area contributed by atoms with E-state index >= 15 is 0 Å². The van der Waals surface area contributed by atoms with E-state index in [0.29, 0.717) is 24.9 Å². The van der Waals surface area contributed by atoms with E-state index in [2.05, 4.69) is 10.6 Å². The van der Waals surface area contributed by atoms with Crippen LogP contribution in [-0.2, 0) is 11.2 Å². The number of likely N-dealkylation sites (tertiary alicyclic amines) is 1. The first-order valence-corrected chi connectivity index (χ1v) is 10.2. The number of nitrogens with one attached hydrogen (secondary N) is 2. The molecule has 0 aliphatic carbocycles. The SMILES string of the molecule is CN[C@@H](C)C(=O)Nc1ccc(C[C@@H]2CC[C@H](C(O)c3ccccc3)N2C(=O)O)cc1. The summed E-state index contributed by atoms with van der Waals surface area (Å²) in [5.74, 6) is -0.115. The van der Waals surface area contributed by atoms with E-state index in [4.69, 9.17) is 0 Å². The smallest absolute Gasteiger partial charge is 0.407 e. The summed E-state index contributed by atoms with van der Waals surface area (Å²) < 4.78 is 0. The third-order valence-corrected chi connectivity index (χ3v) is 5.79. The molecule has 2 aromatic carbocycles. The van der Waals surface area contributed by atoms with Crippen molar-refractivity contribution in [1.29, 1.82) is 0 Å². The van der Waals surface area contributed by atoms with Crippen molar-refractivity contribution in [2.75, 3.05) is 12.4 Å². The molecule has 4 atom stereocenters. The number of carbonyl (C=O) groups is 2. The molecule has 30 heavy (non-hydrogen) atoms. The maximum atomic E-state index is 12.0. The van der Waals surface area contributed by atoms with Gasteiger partial charge in [-0.3, -0.25) is 9.69 Å². The van der Waals surface area contributed by atoms with Gasteiger partial charge in [0.2, 0.25) is 5.91 Å². The summed E-state index contributed by atoms with van der Waals surface area (Å²) in [5.41, 5.74) is 2.41. The van der Waals surface area contributed by atoms with Crippen molar-refractivity contribution in [3.63, 3.8) is 0 Å². The van der Waals surface area contributed by atoms with Gasteiger partial charge in [0.25, 0.3) is 0 Å². The van der Waals surface area contributed by atoms with Crippen LogP contribution in [0, 0.1) is 0 Å². The molecule has 0 spiro atoms. The summed E-state index contributed by atoms with van der Waals surface area (Å²) in [6, 6.07) is 15.7. The summed E-state index contributed by atoms with van der Waals surface area (Å²) in [6.07, 6.45) is 0.00886. The molecule has 160 valence electrons. The van der Waals surface area contributed by atoms with Crippen LogP contribution >= 0.6 is 0 Å². The first-order chi connectivity index (χ1) is 14.4. The predicted octanol–water partition coefficient (Wildman–Crippen LogP) is 3.02. The zero-order valence-electron chi connectivity index (χ0n) is 17.3. The minimum absolute atomic E-state index is 0.115. The van der Waals surface area contributed by atoms with Gasteiger partial charge in [0.05, 0.1) is 18.2 Å². The van der Waals surface area contributed by atoms with E-state index < -0.39 is 18.2 Å². The highest BCUT2D eigenvalue weighted by Gasteiger charge is 2.41. The third kappa shape index (κ3) is 4.98. The Hall–Kier alpha value is -2.90. The molecular formula is C23H29N3O4. The summed E-state index contributed by atoms with van der Waals surface area (Å²) in [5, 5.41) is 26.3. The maximum Gasteiger partial charge on any atom is 0.407 e. The van der Waals surface area contributed by atoms with Crippen LogP contribution in [-0.4, -0.2) is 52.3 Å². The number of rotatable bonds is 7. The van der Waals surface area contributed by atoms with Crippen LogP contribution in [0.25, 0.3) is 0 Å². The van der Waals surface area contributed by atoms with Crippen molar-refractivity contribution < 1.29 is 19.8 Å². The number of anilines is 1. The monoisotopic (exact) mass is 411 g/mol. The highest BCUT2D eigenvalue weighted by atomic mass is 16.4. The summed E-state index contributed by atoms with van der Waals surface area (Å²) in [4.78, 5) is 25.4. The molecule has 1 unspecified atom stereocenters. The Bertz CT molecular complexity index is 857.